The molecule has 0 spiro atoms. The summed E-state index contributed by atoms with van der Waals surface area (Å²) in [7, 11) is 1.35. The highest BCUT2D eigenvalue weighted by Crippen LogP contribution is 2.26. The maximum Gasteiger partial charge on any atom is 0.410 e. The van der Waals surface area contributed by atoms with Gasteiger partial charge in [0.25, 0.3) is 0 Å². The Balaban J connectivity index is 1.53. The number of ether oxygens (including phenoxy) is 2. The van der Waals surface area contributed by atoms with Gasteiger partial charge in [-0.3, -0.25) is 9.69 Å². The van der Waals surface area contributed by atoms with E-state index in [1.54, 1.807) is 0 Å². The first-order valence-corrected chi connectivity index (χ1v) is 9.58. The molecule has 2 saturated heterocycles. The molecule has 0 radical (unpaired) electrons. The van der Waals surface area contributed by atoms with E-state index in [0.717, 1.165) is 32.4 Å². The Bertz CT molecular complexity index is 677. The van der Waals surface area contributed by atoms with Crippen molar-refractivity contribution in [2.75, 3.05) is 33.4 Å². The van der Waals surface area contributed by atoms with Crippen molar-refractivity contribution in [3.05, 3.63) is 35.9 Å². The number of rotatable bonds is 5. The number of carbonyl (C=O) groups excluding carboxylic acids is 2. The van der Waals surface area contributed by atoms with Crippen LogP contribution in [0.5, 0.6) is 0 Å². The number of hydrogen-bond acceptors (Lipinski definition) is 5. The van der Waals surface area contributed by atoms with Gasteiger partial charge in [0.15, 0.2) is 5.11 Å². The van der Waals surface area contributed by atoms with Crippen molar-refractivity contribution >= 4 is 29.4 Å². The predicted octanol–water partition coefficient (Wildman–Crippen LogP) is 1.56. The summed E-state index contributed by atoms with van der Waals surface area (Å²) < 4.78 is 9.95. The molecule has 8 heteroatoms. The van der Waals surface area contributed by atoms with Crippen LogP contribution in [0.1, 0.15) is 18.4 Å². The van der Waals surface area contributed by atoms with Crippen LogP contribution >= 0.6 is 12.2 Å². The monoisotopic (exact) mass is 391 g/mol. The van der Waals surface area contributed by atoms with Crippen molar-refractivity contribution < 1.29 is 19.1 Å². The molecule has 0 bridgehead atoms. The summed E-state index contributed by atoms with van der Waals surface area (Å²) in [5.41, 5.74) is 1.21. The first kappa shape index (κ1) is 19.4. The smallest absolute Gasteiger partial charge is 0.410 e. The highest BCUT2D eigenvalue weighted by atomic mass is 32.1. The second kappa shape index (κ2) is 9.03. The average Bonchev–Trinajstić information content (AvgIpc) is 3.06. The standard InChI is InChI=1S/C19H25N3O4S/c1-25-17(23)12-20-18(27)21-9-7-15(8-10-21)22-16(13-26-19(22)24)11-14-5-3-2-4-6-14/h2-6,15-16H,7-13H2,1H3,(H,20,27). The van der Waals surface area contributed by atoms with E-state index in [1.807, 2.05) is 28.0 Å². The lowest BCUT2D eigenvalue weighted by atomic mass is 9.99. The summed E-state index contributed by atoms with van der Waals surface area (Å²) >= 11 is 5.35. The number of likely N-dealkylation sites (tertiary alicyclic amines) is 1. The van der Waals surface area contributed by atoms with Crippen LogP contribution in [0, 0.1) is 0 Å². The van der Waals surface area contributed by atoms with Gasteiger partial charge in [-0.15, -0.1) is 0 Å². The molecule has 1 atom stereocenters. The van der Waals surface area contributed by atoms with Gasteiger partial charge in [0, 0.05) is 19.1 Å². The molecule has 1 amide bonds. The van der Waals surface area contributed by atoms with E-state index >= 15 is 0 Å². The highest BCUT2D eigenvalue weighted by Gasteiger charge is 2.39. The number of carbonyl (C=O) groups is 2. The van der Waals surface area contributed by atoms with Gasteiger partial charge >= 0.3 is 12.1 Å². The van der Waals surface area contributed by atoms with Crippen LogP contribution in [0.3, 0.4) is 0 Å². The molecule has 1 N–H and O–H groups in total. The molecule has 1 unspecified atom stereocenters. The number of cyclic esters (lactones) is 1. The first-order valence-electron chi connectivity index (χ1n) is 9.17. The second-order valence-electron chi connectivity index (χ2n) is 6.78. The van der Waals surface area contributed by atoms with Crippen LogP contribution in [0.25, 0.3) is 0 Å². The quantitative estimate of drug-likeness (QED) is 0.603. The zero-order valence-electron chi connectivity index (χ0n) is 15.4. The van der Waals surface area contributed by atoms with Crippen molar-refractivity contribution in [3.8, 4) is 0 Å². The summed E-state index contributed by atoms with van der Waals surface area (Å²) in [6.07, 6.45) is 2.22. The number of hydrogen-bond donors (Lipinski definition) is 1. The molecule has 2 fully saturated rings. The van der Waals surface area contributed by atoms with Crippen molar-refractivity contribution in [1.29, 1.82) is 0 Å². The number of amides is 1. The van der Waals surface area contributed by atoms with Gasteiger partial charge in [-0.05, 0) is 37.0 Å². The molecule has 2 aliphatic rings. The summed E-state index contributed by atoms with van der Waals surface area (Å²) in [5, 5.41) is 3.46. The molecule has 2 aliphatic heterocycles. The van der Waals surface area contributed by atoms with Gasteiger partial charge < -0.3 is 19.7 Å². The number of piperidine rings is 1. The number of thiocarbonyl (C=S) groups is 1. The minimum Gasteiger partial charge on any atom is -0.468 e. The van der Waals surface area contributed by atoms with Crippen molar-refractivity contribution in [2.24, 2.45) is 0 Å². The van der Waals surface area contributed by atoms with E-state index in [1.165, 1.54) is 12.7 Å². The first-order chi connectivity index (χ1) is 13.1. The molecule has 0 saturated carbocycles. The lowest BCUT2D eigenvalue weighted by molar-refractivity contribution is -0.139. The topological polar surface area (TPSA) is 71.1 Å². The van der Waals surface area contributed by atoms with Gasteiger partial charge in [0.05, 0.1) is 13.2 Å². The molecule has 3 rings (SSSR count). The highest BCUT2D eigenvalue weighted by molar-refractivity contribution is 7.80. The van der Waals surface area contributed by atoms with Crippen LogP contribution in [0.15, 0.2) is 30.3 Å². The van der Waals surface area contributed by atoms with Gasteiger partial charge in [0.2, 0.25) is 0 Å². The number of esters is 1. The van der Waals surface area contributed by atoms with Crippen LogP contribution < -0.4 is 5.32 Å². The lowest BCUT2D eigenvalue weighted by Gasteiger charge is -2.38. The number of methoxy groups -OCH3 is 1. The summed E-state index contributed by atoms with van der Waals surface area (Å²) in [6, 6.07) is 10.4. The molecule has 27 heavy (non-hydrogen) atoms. The Hall–Kier alpha value is -2.35. The Kier molecular flexibility index (Phi) is 6.49. The summed E-state index contributed by atoms with van der Waals surface area (Å²) in [5.74, 6) is -0.351. The average molecular weight is 391 g/mol. The van der Waals surface area contributed by atoms with E-state index in [4.69, 9.17) is 17.0 Å². The molecular formula is C19H25N3O4S. The number of nitrogens with one attached hydrogen (secondary N) is 1. The van der Waals surface area contributed by atoms with Crippen LogP contribution in [0.2, 0.25) is 0 Å². The van der Waals surface area contributed by atoms with Crippen molar-refractivity contribution in [1.82, 2.24) is 15.1 Å². The fraction of sp³-hybridized carbons (Fsp3) is 0.526. The van der Waals surface area contributed by atoms with Crippen LogP contribution in [-0.4, -0.2) is 72.4 Å². The third-order valence-corrected chi connectivity index (χ3v) is 5.48. The van der Waals surface area contributed by atoms with E-state index < -0.39 is 0 Å². The minimum atomic E-state index is -0.351. The molecule has 146 valence electrons. The third-order valence-electron chi connectivity index (χ3n) is 5.07. The predicted molar refractivity (Wildman–Crippen MR) is 104 cm³/mol. The molecule has 1 aromatic rings. The van der Waals surface area contributed by atoms with E-state index in [2.05, 4.69) is 22.2 Å². The van der Waals surface area contributed by atoms with E-state index in [9.17, 15) is 9.59 Å². The Labute approximate surface area is 164 Å². The molecule has 2 heterocycles. The van der Waals surface area contributed by atoms with Gasteiger partial charge in [0.1, 0.15) is 13.2 Å². The number of benzene rings is 1. The zero-order valence-corrected chi connectivity index (χ0v) is 16.2. The number of nitrogens with zero attached hydrogens (tertiary/aromatic N) is 2. The fourth-order valence-electron chi connectivity index (χ4n) is 3.64. The second-order valence-corrected chi connectivity index (χ2v) is 7.17. The zero-order chi connectivity index (χ0) is 19.2. The Morgan fingerprint density at radius 3 is 2.67 bits per heavy atom. The molecule has 7 nitrogen and oxygen atoms in total. The van der Waals surface area contributed by atoms with Gasteiger partial charge in [-0.2, -0.15) is 0 Å². The fourth-order valence-corrected chi connectivity index (χ4v) is 3.90. The lowest BCUT2D eigenvalue weighted by Crippen LogP contribution is -2.52. The van der Waals surface area contributed by atoms with Crippen LogP contribution in [0.4, 0.5) is 4.79 Å². The SMILES string of the molecule is COC(=O)CNC(=S)N1CCC(N2C(=O)OCC2Cc2ccccc2)CC1. The Morgan fingerprint density at radius 2 is 2.00 bits per heavy atom. The van der Waals surface area contributed by atoms with Crippen molar-refractivity contribution in [3.63, 3.8) is 0 Å². The van der Waals surface area contributed by atoms with Crippen molar-refractivity contribution in [2.45, 2.75) is 31.3 Å². The van der Waals surface area contributed by atoms with Crippen LogP contribution in [-0.2, 0) is 20.7 Å². The van der Waals surface area contributed by atoms with Gasteiger partial charge in [-0.25, -0.2) is 4.79 Å². The molecule has 1 aromatic carbocycles. The van der Waals surface area contributed by atoms with E-state index in [0.29, 0.717) is 11.7 Å². The molecular weight excluding hydrogens is 366 g/mol. The van der Waals surface area contributed by atoms with Gasteiger partial charge in [-0.1, -0.05) is 30.3 Å². The maximum absolute atomic E-state index is 12.3. The largest absolute Gasteiger partial charge is 0.468 e. The normalized spacial score (nSPS) is 20.3. The summed E-state index contributed by atoms with van der Waals surface area (Å²) in [4.78, 5) is 27.5. The minimum absolute atomic E-state index is 0.0624. The molecule has 0 aromatic heterocycles. The molecule has 0 aliphatic carbocycles. The maximum atomic E-state index is 12.3. The van der Waals surface area contributed by atoms with E-state index in [-0.39, 0.29) is 30.7 Å². The third kappa shape index (κ3) is 4.88. The summed E-state index contributed by atoms with van der Waals surface area (Å²) in [6.45, 7) is 1.97. The Morgan fingerprint density at radius 1 is 1.30 bits per heavy atom.